The molecule has 0 aliphatic heterocycles. The molecule has 1 aromatic rings. The summed E-state index contributed by atoms with van der Waals surface area (Å²) in [5.74, 6) is -0.580. The average Bonchev–Trinajstić information content (AvgIpc) is 2.03. The van der Waals surface area contributed by atoms with Crippen LogP contribution in [0.4, 0.5) is 4.39 Å². The van der Waals surface area contributed by atoms with Crippen molar-refractivity contribution in [2.45, 2.75) is 19.1 Å². The smallest absolute Gasteiger partial charge is 0.213 e. The van der Waals surface area contributed by atoms with Crippen molar-refractivity contribution in [1.29, 1.82) is 0 Å². The van der Waals surface area contributed by atoms with Gasteiger partial charge in [0, 0.05) is 6.20 Å². The van der Waals surface area contributed by atoms with E-state index in [1.807, 2.05) is 0 Å². The van der Waals surface area contributed by atoms with Crippen LogP contribution in [0, 0.1) is 5.95 Å². The maximum Gasteiger partial charge on any atom is 0.213 e. The van der Waals surface area contributed by atoms with Gasteiger partial charge in [0.05, 0.1) is 12.1 Å². The van der Waals surface area contributed by atoms with Gasteiger partial charge in [-0.25, -0.2) is 4.98 Å². The predicted molar refractivity (Wildman–Crippen MR) is 42.8 cm³/mol. The monoisotopic (exact) mass is 170 g/mol. The van der Waals surface area contributed by atoms with Crippen LogP contribution in [0.1, 0.15) is 18.5 Å². The van der Waals surface area contributed by atoms with Crippen LogP contribution in [0.3, 0.4) is 0 Å². The Morgan fingerprint density at radius 1 is 1.67 bits per heavy atom. The summed E-state index contributed by atoms with van der Waals surface area (Å²) in [6.07, 6.45) is 0.638. The third-order valence-electron chi connectivity index (χ3n) is 1.66. The van der Waals surface area contributed by atoms with Gasteiger partial charge >= 0.3 is 0 Å². The summed E-state index contributed by atoms with van der Waals surface area (Å²) in [6.45, 7) is 1.56. The van der Waals surface area contributed by atoms with Crippen LogP contribution in [0.15, 0.2) is 18.3 Å². The molecule has 66 valence electrons. The highest BCUT2D eigenvalue weighted by molar-refractivity contribution is 5.16. The van der Waals surface area contributed by atoms with Crippen molar-refractivity contribution in [1.82, 2.24) is 4.98 Å². The summed E-state index contributed by atoms with van der Waals surface area (Å²) in [4.78, 5) is 3.38. The van der Waals surface area contributed by atoms with Gasteiger partial charge in [0.15, 0.2) is 0 Å². The average molecular weight is 170 g/mol. The van der Waals surface area contributed by atoms with Gasteiger partial charge in [-0.2, -0.15) is 4.39 Å². The first-order chi connectivity index (χ1) is 5.61. The molecule has 0 saturated carbocycles. The molecular weight excluding hydrogens is 159 g/mol. The summed E-state index contributed by atoms with van der Waals surface area (Å²) in [5, 5.41) is 9.10. The first kappa shape index (κ1) is 9.09. The minimum Gasteiger partial charge on any atom is -0.391 e. The number of nitrogens with zero attached hydrogens (tertiary/aromatic N) is 1. The highest BCUT2D eigenvalue weighted by Gasteiger charge is 2.12. The van der Waals surface area contributed by atoms with Crippen molar-refractivity contribution in [2.75, 3.05) is 0 Å². The Bertz CT molecular complexity index is 265. The van der Waals surface area contributed by atoms with Crippen LogP contribution < -0.4 is 5.73 Å². The molecule has 1 aromatic heterocycles. The molecule has 0 amide bonds. The molecule has 3 N–H and O–H groups in total. The molecule has 0 spiro atoms. The summed E-state index contributed by atoms with van der Waals surface area (Å²) in [7, 11) is 0. The van der Waals surface area contributed by atoms with Gasteiger partial charge in [-0.3, -0.25) is 0 Å². The molecule has 2 atom stereocenters. The van der Waals surface area contributed by atoms with Gasteiger partial charge in [-0.15, -0.1) is 0 Å². The number of pyridine rings is 1. The van der Waals surface area contributed by atoms with E-state index >= 15 is 0 Å². The number of halogens is 1. The Kier molecular flexibility index (Phi) is 2.73. The lowest BCUT2D eigenvalue weighted by atomic mass is 10.1. The lowest BCUT2D eigenvalue weighted by Crippen LogP contribution is -2.23. The first-order valence-corrected chi connectivity index (χ1v) is 3.66. The minimum atomic E-state index is -0.688. The van der Waals surface area contributed by atoms with Crippen molar-refractivity contribution >= 4 is 0 Å². The van der Waals surface area contributed by atoms with Crippen LogP contribution in [0.5, 0.6) is 0 Å². The number of aliphatic hydroxyl groups excluding tert-OH is 1. The lowest BCUT2D eigenvalue weighted by molar-refractivity contribution is 0.164. The number of aliphatic hydroxyl groups is 1. The predicted octanol–water partition coefficient (Wildman–Crippen LogP) is 0.601. The fourth-order valence-electron chi connectivity index (χ4n) is 0.903. The highest BCUT2D eigenvalue weighted by atomic mass is 19.1. The second kappa shape index (κ2) is 3.60. The number of hydrogen-bond donors (Lipinski definition) is 2. The Labute approximate surface area is 70.0 Å². The largest absolute Gasteiger partial charge is 0.391 e. The molecule has 0 radical (unpaired) electrons. The lowest BCUT2D eigenvalue weighted by Gasteiger charge is -2.14. The van der Waals surface area contributed by atoms with Crippen LogP contribution in [-0.2, 0) is 0 Å². The molecule has 0 aliphatic carbocycles. The van der Waals surface area contributed by atoms with E-state index in [0.29, 0.717) is 5.56 Å². The quantitative estimate of drug-likeness (QED) is 0.639. The summed E-state index contributed by atoms with van der Waals surface area (Å²) in [5.41, 5.74) is 6.12. The van der Waals surface area contributed by atoms with Gasteiger partial charge < -0.3 is 10.8 Å². The normalized spacial score (nSPS) is 15.7. The molecule has 0 saturated heterocycles. The second-order valence-electron chi connectivity index (χ2n) is 2.68. The third-order valence-corrected chi connectivity index (χ3v) is 1.66. The molecule has 4 heteroatoms. The summed E-state index contributed by atoms with van der Waals surface area (Å²) < 4.78 is 12.5. The van der Waals surface area contributed by atoms with E-state index in [1.54, 1.807) is 13.0 Å². The molecule has 3 nitrogen and oxygen atoms in total. The SMILES string of the molecule is C[C@@H](O)[C@H](N)c1ccnc(F)c1. The Hall–Kier alpha value is -1.00. The van der Waals surface area contributed by atoms with Crippen molar-refractivity contribution in [3.63, 3.8) is 0 Å². The maximum atomic E-state index is 12.5. The first-order valence-electron chi connectivity index (χ1n) is 3.66. The van der Waals surface area contributed by atoms with Gasteiger partial charge in [-0.05, 0) is 24.6 Å². The molecule has 1 heterocycles. The fourth-order valence-corrected chi connectivity index (χ4v) is 0.903. The molecular formula is C8H11FN2O. The van der Waals surface area contributed by atoms with Crippen molar-refractivity contribution in [3.05, 3.63) is 29.8 Å². The third kappa shape index (κ3) is 1.99. The zero-order valence-electron chi connectivity index (χ0n) is 6.74. The topological polar surface area (TPSA) is 59.1 Å². The van der Waals surface area contributed by atoms with E-state index < -0.39 is 18.1 Å². The fraction of sp³-hybridized carbons (Fsp3) is 0.375. The number of aromatic nitrogens is 1. The standard InChI is InChI=1S/C8H11FN2O/c1-5(12)8(10)6-2-3-11-7(9)4-6/h2-5,8,12H,10H2,1H3/t5-,8+/m1/s1. The summed E-state index contributed by atoms with van der Waals surface area (Å²) >= 11 is 0. The van der Waals surface area contributed by atoms with E-state index in [9.17, 15) is 4.39 Å². The molecule has 1 rings (SSSR count). The molecule has 12 heavy (non-hydrogen) atoms. The Morgan fingerprint density at radius 3 is 2.83 bits per heavy atom. The summed E-state index contributed by atoms with van der Waals surface area (Å²) in [6, 6.07) is 2.25. The Morgan fingerprint density at radius 2 is 2.33 bits per heavy atom. The Balaban J connectivity index is 2.88. The van der Waals surface area contributed by atoms with E-state index in [1.165, 1.54) is 12.3 Å². The van der Waals surface area contributed by atoms with Crippen LogP contribution in [0.25, 0.3) is 0 Å². The molecule has 0 aromatic carbocycles. The van der Waals surface area contributed by atoms with Crippen molar-refractivity contribution in [2.24, 2.45) is 5.73 Å². The number of hydrogen-bond acceptors (Lipinski definition) is 3. The maximum absolute atomic E-state index is 12.5. The van der Waals surface area contributed by atoms with Gasteiger partial charge in [0.1, 0.15) is 0 Å². The van der Waals surface area contributed by atoms with Gasteiger partial charge in [0.25, 0.3) is 0 Å². The second-order valence-corrected chi connectivity index (χ2v) is 2.68. The van der Waals surface area contributed by atoms with E-state index in [2.05, 4.69) is 4.98 Å². The minimum absolute atomic E-state index is 0.553. The molecule has 0 unspecified atom stereocenters. The zero-order valence-corrected chi connectivity index (χ0v) is 6.74. The van der Waals surface area contributed by atoms with Crippen LogP contribution in [-0.4, -0.2) is 16.2 Å². The number of rotatable bonds is 2. The van der Waals surface area contributed by atoms with E-state index in [0.717, 1.165) is 0 Å². The van der Waals surface area contributed by atoms with Gasteiger partial charge in [0.2, 0.25) is 5.95 Å². The number of nitrogens with two attached hydrogens (primary N) is 1. The van der Waals surface area contributed by atoms with E-state index in [4.69, 9.17) is 10.8 Å². The van der Waals surface area contributed by atoms with E-state index in [-0.39, 0.29) is 0 Å². The highest BCUT2D eigenvalue weighted by Crippen LogP contribution is 2.13. The van der Waals surface area contributed by atoms with Crippen molar-refractivity contribution < 1.29 is 9.50 Å². The van der Waals surface area contributed by atoms with Crippen molar-refractivity contribution in [3.8, 4) is 0 Å². The molecule has 0 bridgehead atoms. The van der Waals surface area contributed by atoms with Gasteiger partial charge in [-0.1, -0.05) is 0 Å². The molecule has 0 fully saturated rings. The molecule has 0 aliphatic rings. The van der Waals surface area contributed by atoms with Crippen LogP contribution >= 0.6 is 0 Å². The zero-order chi connectivity index (χ0) is 9.14. The van der Waals surface area contributed by atoms with Crippen LogP contribution in [0.2, 0.25) is 0 Å².